The van der Waals surface area contributed by atoms with Crippen molar-refractivity contribution in [2.45, 2.75) is 31.7 Å². The summed E-state index contributed by atoms with van der Waals surface area (Å²) in [5.74, 6) is -0.398. The molecule has 1 N–H and O–H groups in total. The minimum absolute atomic E-state index is 0.136. The lowest BCUT2D eigenvalue weighted by Crippen LogP contribution is -2.42. The molecule has 0 aliphatic carbocycles. The van der Waals surface area contributed by atoms with Crippen molar-refractivity contribution in [3.63, 3.8) is 0 Å². The van der Waals surface area contributed by atoms with E-state index in [1.54, 1.807) is 36.4 Å². The third-order valence-corrected chi connectivity index (χ3v) is 8.09. The Morgan fingerprint density at radius 3 is 1.97 bits per heavy atom. The summed E-state index contributed by atoms with van der Waals surface area (Å²) in [6.45, 7) is 5.46. The van der Waals surface area contributed by atoms with Crippen LogP contribution < -0.4 is 9.62 Å². The quantitative estimate of drug-likeness (QED) is 0.338. The first-order valence-electron chi connectivity index (χ1n) is 11.8. The molecule has 0 heterocycles. The van der Waals surface area contributed by atoms with Crippen molar-refractivity contribution in [3.8, 4) is 0 Å². The monoisotopic (exact) mass is 498 g/mol. The van der Waals surface area contributed by atoms with E-state index in [9.17, 15) is 13.2 Å². The SMILES string of the molecule is Cc1ccc([C@H](NC(=O)CN(c2cccc(C)c2C)S(=O)(=O)c2ccccc2)c2ccccc2)cc1. The predicted octanol–water partition coefficient (Wildman–Crippen LogP) is 5.71. The van der Waals surface area contributed by atoms with E-state index in [1.165, 1.54) is 4.31 Å². The van der Waals surface area contributed by atoms with Gasteiger partial charge in [-0.2, -0.15) is 0 Å². The number of benzene rings is 4. The Kier molecular flexibility index (Phi) is 7.55. The third-order valence-electron chi connectivity index (χ3n) is 6.31. The van der Waals surface area contributed by atoms with Gasteiger partial charge >= 0.3 is 0 Å². The summed E-state index contributed by atoms with van der Waals surface area (Å²) in [6, 6.07) is 30.9. The number of carbonyl (C=O) groups is 1. The summed E-state index contributed by atoms with van der Waals surface area (Å²) in [5, 5.41) is 3.08. The molecule has 0 bridgehead atoms. The first-order chi connectivity index (χ1) is 17.3. The minimum Gasteiger partial charge on any atom is -0.344 e. The third kappa shape index (κ3) is 5.50. The van der Waals surface area contributed by atoms with Crippen molar-refractivity contribution in [2.24, 2.45) is 0 Å². The molecule has 0 aliphatic heterocycles. The van der Waals surface area contributed by atoms with Crippen LogP contribution in [-0.4, -0.2) is 20.9 Å². The molecule has 5 nitrogen and oxygen atoms in total. The Morgan fingerprint density at radius 1 is 0.750 bits per heavy atom. The highest BCUT2D eigenvalue weighted by Crippen LogP contribution is 2.29. The summed E-state index contributed by atoms with van der Waals surface area (Å²) in [4.78, 5) is 13.6. The molecule has 1 amide bonds. The van der Waals surface area contributed by atoms with E-state index in [0.29, 0.717) is 5.69 Å². The van der Waals surface area contributed by atoms with Gasteiger partial charge in [-0.1, -0.05) is 90.5 Å². The first kappa shape index (κ1) is 25.2. The zero-order valence-electron chi connectivity index (χ0n) is 20.7. The van der Waals surface area contributed by atoms with Crippen LogP contribution in [-0.2, 0) is 14.8 Å². The number of nitrogens with one attached hydrogen (secondary N) is 1. The highest BCUT2D eigenvalue weighted by molar-refractivity contribution is 7.92. The molecule has 0 unspecified atom stereocenters. The maximum Gasteiger partial charge on any atom is 0.264 e. The summed E-state index contributed by atoms with van der Waals surface area (Å²) in [6.07, 6.45) is 0. The van der Waals surface area contributed by atoms with Gasteiger partial charge in [0.25, 0.3) is 10.0 Å². The van der Waals surface area contributed by atoms with E-state index in [1.807, 2.05) is 87.5 Å². The lowest BCUT2D eigenvalue weighted by molar-refractivity contribution is -0.120. The van der Waals surface area contributed by atoms with Gasteiger partial charge in [-0.25, -0.2) is 8.42 Å². The average Bonchev–Trinajstić information content (AvgIpc) is 2.89. The van der Waals surface area contributed by atoms with Crippen LogP contribution in [0.4, 0.5) is 5.69 Å². The molecule has 0 saturated heterocycles. The number of anilines is 1. The van der Waals surface area contributed by atoms with Crippen LogP contribution in [0.15, 0.2) is 108 Å². The molecule has 4 aromatic carbocycles. The zero-order chi connectivity index (χ0) is 25.7. The van der Waals surface area contributed by atoms with Crippen molar-refractivity contribution in [1.82, 2.24) is 5.32 Å². The number of hydrogen-bond acceptors (Lipinski definition) is 3. The predicted molar refractivity (Wildman–Crippen MR) is 144 cm³/mol. The number of amides is 1. The largest absolute Gasteiger partial charge is 0.344 e. The maximum absolute atomic E-state index is 13.7. The molecule has 0 aromatic heterocycles. The van der Waals surface area contributed by atoms with E-state index in [-0.39, 0.29) is 11.4 Å². The number of nitrogens with zero attached hydrogens (tertiary/aromatic N) is 1. The molecular formula is C30H30N2O3S. The topological polar surface area (TPSA) is 66.5 Å². The van der Waals surface area contributed by atoms with Crippen molar-refractivity contribution < 1.29 is 13.2 Å². The fraction of sp³-hybridized carbons (Fsp3) is 0.167. The lowest BCUT2D eigenvalue weighted by atomic mass is 9.98. The Balaban J connectivity index is 1.71. The second-order valence-electron chi connectivity index (χ2n) is 8.87. The maximum atomic E-state index is 13.7. The first-order valence-corrected chi connectivity index (χ1v) is 13.3. The highest BCUT2D eigenvalue weighted by Gasteiger charge is 2.29. The van der Waals surface area contributed by atoms with Crippen LogP contribution in [0, 0.1) is 20.8 Å². The zero-order valence-corrected chi connectivity index (χ0v) is 21.5. The van der Waals surface area contributed by atoms with E-state index in [2.05, 4.69) is 5.32 Å². The number of rotatable bonds is 8. The molecule has 4 aromatic rings. The highest BCUT2D eigenvalue weighted by atomic mass is 32.2. The van der Waals surface area contributed by atoms with Crippen LogP contribution in [0.3, 0.4) is 0 Å². The minimum atomic E-state index is -3.99. The van der Waals surface area contributed by atoms with Gasteiger partial charge in [0, 0.05) is 0 Å². The Morgan fingerprint density at radius 2 is 1.33 bits per heavy atom. The van der Waals surface area contributed by atoms with Crippen LogP contribution in [0.2, 0.25) is 0 Å². The van der Waals surface area contributed by atoms with E-state index >= 15 is 0 Å². The van der Waals surface area contributed by atoms with Crippen LogP contribution in [0.25, 0.3) is 0 Å². The molecular weight excluding hydrogens is 468 g/mol. The van der Waals surface area contributed by atoms with Gasteiger partial charge in [-0.05, 0) is 61.2 Å². The normalized spacial score (nSPS) is 12.1. The molecule has 4 rings (SSSR count). The summed E-state index contributed by atoms with van der Waals surface area (Å²) in [5.41, 5.74) is 5.20. The van der Waals surface area contributed by atoms with Gasteiger partial charge in [0.2, 0.25) is 5.91 Å². The molecule has 0 radical (unpaired) electrons. The molecule has 0 fully saturated rings. The Hall–Kier alpha value is -3.90. The average molecular weight is 499 g/mol. The van der Waals surface area contributed by atoms with Gasteiger partial charge in [-0.3, -0.25) is 9.10 Å². The van der Waals surface area contributed by atoms with Crippen LogP contribution >= 0.6 is 0 Å². The summed E-state index contributed by atoms with van der Waals surface area (Å²) < 4.78 is 28.7. The molecule has 0 aliphatic rings. The fourth-order valence-corrected chi connectivity index (χ4v) is 5.63. The Labute approximate surface area is 213 Å². The standard InChI is InChI=1S/C30H30N2O3S/c1-22-17-19-26(20-18-22)30(25-12-6-4-7-13-25)31-29(33)21-32(28-16-10-11-23(2)24(28)3)36(34,35)27-14-8-5-9-15-27/h4-20,30H,21H2,1-3H3,(H,31,33)/t30-/m1/s1. The smallest absolute Gasteiger partial charge is 0.264 e. The Bertz CT molecular complexity index is 1440. The van der Waals surface area contributed by atoms with Gasteiger partial charge in [-0.15, -0.1) is 0 Å². The number of hydrogen-bond donors (Lipinski definition) is 1. The molecule has 184 valence electrons. The van der Waals surface area contributed by atoms with E-state index in [0.717, 1.165) is 27.8 Å². The van der Waals surface area contributed by atoms with Crippen molar-refractivity contribution in [1.29, 1.82) is 0 Å². The van der Waals surface area contributed by atoms with Gasteiger partial charge in [0.1, 0.15) is 6.54 Å². The second-order valence-corrected chi connectivity index (χ2v) is 10.7. The number of sulfonamides is 1. The van der Waals surface area contributed by atoms with Crippen molar-refractivity contribution in [2.75, 3.05) is 10.8 Å². The molecule has 36 heavy (non-hydrogen) atoms. The van der Waals surface area contributed by atoms with E-state index in [4.69, 9.17) is 0 Å². The molecule has 1 atom stereocenters. The van der Waals surface area contributed by atoms with Gasteiger partial charge < -0.3 is 5.32 Å². The van der Waals surface area contributed by atoms with Gasteiger partial charge in [0.05, 0.1) is 16.6 Å². The fourth-order valence-electron chi connectivity index (χ4n) is 4.13. The summed E-state index contributed by atoms with van der Waals surface area (Å²) >= 11 is 0. The lowest BCUT2D eigenvalue weighted by Gasteiger charge is -2.28. The summed E-state index contributed by atoms with van der Waals surface area (Å²) in [7, 11) is -3.99. The van der Waals surface area contributed by atoms with Crippen LogP contribution in [0.5, 0.6) is 0 Å². The van der Waals surface area contributed by atoms with Crippen LogP contribution in [0.1, 0.15) is 33.9 Å². The van der Waals surface area contributed by atoms with Crippen molar-refractivity contribution in [3.05, 3.63) is 131 Å². The van der Waals surface area contributed by atoms with Crippen molar-refractivity contribution >= 4 is 21.6 Å². The second kappa shape index (κ2) is 10.8. The number of carbonyl (C=O) groups excluding carboxylic acids is 1. The molecule has 6 heteroatoms. The molecule has 0 spiro atoms. The van der Waals surface area contributed by atoms with E-state index < -0.39 is 22.0 Å². The molecule has 0 saturated carbocycles. The van der Waals surface area contributed by atoms with Gasteiger partial charge in [0.15, 0.2) is 0 Å². The number of aryl methyl sites for hydroxylation is 2.